The number of nitrogens with one attached hydrogen (secondary N) is 1. The Labute approximate surface area is 172 Å². The van der Waals surface area contributed by atoms with Crippen LogP contribution in [0, 0.1) is 5.82 Å². The molecule has 1 atom stereocenters. The van der Waals surface area contributed by atoms with Gasteiger partial charge >= 0.3 is 5.97 Å². The number of carbonyl (C=O) groups excluding carboxylic acids is 2. The maximum atomic E-state index is 14.1. The van der Waals surface area contributed by atoms with Crippen molar-refractivity contribution < 1.29 is 23.5 Å². The summed E-state index contributed by atoms with van der Waals surface area (Å²) in [5.41, 5.74) is 0.452. The fourth-order valence-corrected chi connectivity index (χ4v) is 2.91. The third-order valence-electron chi connectivity index (χ3n) is 4.07. The summed E-state index contributed by atoms with van der Waals surface area (Å²) in [6.45, 7) is 0. The smallest absolute Gasteiger partial charge is 0.343 e. The molecule has 0 radical (unpaired) electrons. The molecule has 0 saturated carbocycles. The minimum atomic E-state index is -1.31. The summed E-state index contributed by atoms with van der Waals surface area (Å²) in [6, 6.07) is 19.0. The molecular weight excluding hydrogens is 397 g/mol. The molecular formula is C22H17ClFNO4. The molecule has 0 bridgehead atoms. The number of hydrogen-bond donors (Lipinski definition) is 1. The highest BCUT2D eigenvalue weighted by Crippen LogP contribution is 2.26. The molecule has 3 aromatic carbocycles. The van der Waals surface area contributed by atoms with Gasteiger partial charge in [-0.3, -0.25) is 4.79 Å². The molecule has 0 heterocycles. The van der Waals surface area contributed by atoms with Crippen LogP contribution in [-0.2, 0) is 9.53 Å². The largest absolute Gasteiger partial charge is 0.497 e. The number of halogens is 2. The molecule has 29 heavy (non-hydrogen) atoms. The zero-order valence-electron chi connectivity index (χ0n) is 15.4. The molecule has 3 rings (SSSR count). The Morgan fingerprint density at radius 1 is 1.00 bits per heavy atom. The van der Waals surface area contributed by atoms with Crippen LogP contribution in [0.25, 0.3) is 0 Å². The first kappa shape index (κ1) is 20.4. The minimum absolute atomic E-state index is 0.102. The Morgan fingerprint density at radius 2 is 1.72 bits per heavy atom. The summed E-state index contributed by atoms with van der Waals surface area (Å²) < 4.78 is 24.6. The van der Waals surface area contributed by atoms with Gasteiger partial charge < -0.3 is 14.8 Å². The minimum Gasteiger partial charge on any atom is -0.497 e. The van der Waals surface area contributed by atoms with Crippen molar-refractivity contribution in [3.63, 3.8) is 0 Å². The van der Waals surface area contributed by atoms with Crippen LogP contribution in [0.15, 0.2) is 72.8 Å². The van der Waals surface area contributed by atoms with E-state index in [1.54, 1.807) is 54.6 Å². The van der Waals surface area contributed by atoms with Gasteiger partial charge in [0.15, 0.2) is 0 Å². The summed E-state index contributed by atoms with van der Waals surface area (Å²) in [4.78, 5) is 25.5. The van der Waals surface area contributed by atoms with Crippen molar-refractivity contribution in [2.75, 3.05) is 12.4 Å². The van der Waals surface area contributed by atoms with Gasteiger partial charge in [-0.15, -0.1) is 0 Å². The van der Waals surface area contributed by atoms with Crippen molar-refractivity contribution in [2.24, 2.45) is 0 Å². The summed E-state index contributed by atoms with van der Waals surface area (Å²) in [5, 5.41) is 2.58. The maximum absolute atomic E-state index is 14.1. The van der Waals surface area contributed by atoms with Crippen molar-refractivity contribution >= 4 is 29.2 Å². The number of amides is 1. The lowest BCUT2D eigenvalue weighted by atomic mass is 10.1. The number of ether oxygens (including phenoxy) is 2. The summed E-state index contributed by atoms with van der Waals surface area (Å²) >= 11 is 5.94. The van der Waals surface area contributed by atoms with Crippen molar-refractivity contribution in [2.45, 2.75) is 6.10 Å². The Hall–Kier alpha value is -3.38. The first-order chi connectivity index (χ1) is 14.0. The molecule has 0 aliphatic carbocycles. The van der Waals surface area contributed by atoms with Gasteiger partial charge in [0.25, 0.3) is 5.91 Å². The van der Waals surface area contributed by atoms with Crippen LogP contribution in [0.4, 0.5) is 10.1 Å². The van der Waals surface area contributed by atoms with Crippen LogP contribution in [-0.4, -0.2) is 19.0 Å². The van der Waals surface area contributed by atoms with E-state index in [2.05, 4.69) is 5.32 Å². The fourth-order valence-electron chi connectivity index (χ4n) is 2.67. The zero-order chi connectivity index (χ0) is 20.8. The number of rotatable bonds is 6. The Bertz CT molecular complexity index is 1010. The molecule has 0 saturated heterocycles. The molecule has 5 nitrogen and oxygen atoms in total. The Morgan fingerprint density at radius 3 is 2.41 bits per heavy atom. The first-order valence-electron chi connectivity index (χ1n) is 8.64. The topological polar surface area (TPSA) is 64.6 Å². The van der Waals surface area contributed by atoms with Crippen LogP contribution in [0.3, 0.4) is 0 Å². The second-order valence-electron chi connectivity index (χ2n) is 6.01. The highest BCUT2D eigenvalue weighted by molar-refractivity contribution is 6.33. The molecule has 0 aromatic heterocycles. The van der Waals surface area contributed by atoms with Crippen molar-refractivity contribution in [3.8, 4) is 5.75 Å². The van der Waals surface area contributed by atoms with E-state index in [9.17, 15) is 14.0 Å². The van der Waals surface area contributed by atoms with Crippen molar-refractivity contribution in [1.29, 1.82) is 0 Å². The highest BCUT2D eigenvalue weighted by Gasteiger charge is 2.28. The fraction of sp³-hybridized carbons (Fsp3) is 0.0909. The third-order valence-corrected chi connectivity index (χ3v) is 4.38. The lowest BCUT2D eigenvalue weighted by molar-refractivity contribution is -0.125. The highest BCUT2D eigenvalue weighted by atomic mass is 35.5. The van der Waals surface area contributed by atoms with E-state index in [1.807, 2.05) is 0 Å². The van der Waals surface area contributed by atoms with Gasteiger partial charge in [-0.05, 0) is 24.3 Å². The molecule has 1 amide bonds. The molecule has 0 aliphatic rings. The van der Waals surface area contributed by atoms with Gasteiger partial charge in [0.2, 0.25) is 6.10 Å². The van der Waals surface area contributed by atoms with Crippen molar-refractivity contribution in [1.82, 2.24) is 0 Å². The van der Waals surface area contributed by atoms with E-state index in [0.29, 0.717) is 17.0 Å². The first-order valence-corrected chi connectivity index (χ1v) is 9.02. The predicted octanol–water partition coefficient (Wildman–Crippen LogP) is 5.02. The average Bonchev–Trinajstić information content (AvgIpc) is 2.72. The Kier molecular flexibility index (Phi) is 6.46. The zero-order valence-corrected chi connectivity index (χ0v) is 16.2. The van der Waals surface area contributed by atoms with E-state index >= 15 is 0 Å². The number of methoxy groups -OCH3 is 1. The lowest BCUT2D eigenvalue weighted by Crippen LogP contribution is -2.26. The van der Waals surface area contributed by atoms with Crippen LogP contribution >= 0.6 is 11.6 Å². The van der Waals surface area contributed by atoms with Crippen molar-refractivity contribution in [3.05, 3.63) is 94.8 Å². The quantitative estimate of drug-likeness (QED) is 0.576. The number of hydrogen-bond acceptors (Lipinski definition) is 4. The molecule has 0 spiro atoms. The van der Waals surface area contributed by atoms with Gasteiger partial charge in [-0.25, -0.2) is 9.18 Å². The van der Waals surface area contributed by atoms with Gasteiger partial charge in [0.1, 0.15) is 17.1 Å². The van der Waals surface area contributed by atoms with Crippen LogP contribution < -0.4 is 10.1 Å². The number of carbonyl (C=O) groups is 2. The normalized spacial score (nSPS) is 11.4. The molecule has 7 heteroatoms. The van der Waals surface area contributed by atoms with E-state index < -0.39 is 29.4 Å². The standard InChI is InChI=1S/C22H17ClFNO4/c1-28-16-10-5-9-15(13-16)25-21(26)20(14-7-3-2-4-8-14)29-22(27)19-17(23)11-6-12-18(19)24/h2-13,20H,1H3,(H,25,26). The van der Waals surface area contributed by atoms with Gasteiger partial charge in [-0.2, -0.15) is 0 Å². The molecule has 148 valence electrons. The molecule has 0 fully saturated rings. The lowest BCUT2D eigenvalue weighted by Gasteiger charge is -2.19. The van der Waals surface area contributed by atoms with E-state index in [1.165, 1.54) is 19.2 Å². The van der Waals surface area contributed by atoms with Gasteiger partial charge in [-0.1, -0.05) is 54.1 Å². The SMILES string of the molecule is COc1cccc(NC(=O)C(OC(=O)c2c(F)cccc2Cl)c2ccccc2)c1. The summed E-state index contributed by atoms with van der Waals surface area (Å²) in [6.07, 6.45) is -1.31. The number of anilines is 1. The molecule has 1 unspecified atom stereocenters. The molecule has 1 N–H and O–H groups in total. The Balaban J connectivity index is 1.89. The predicted molar refractivity (Wildman–Crippen MR) is 108 cm³/mol. The second kappa shape index (κ2) is 9.21. The number of esters is 1. The third kappa shape index (κ3) is 4.92. The van der Waals surface area contributed by atoms with Crippen LogP contribution in [0.1, 0.15) is 22.0 Å². The average molecular weight is 414 g/mol. The molecule has 0 aliphatic heterocycles. The van der Waals surface area contributed by atoms with E-state index in [4.69, 9.17) is 21.1 Å². The van der Waals surface area contributed by atoms with Crippen LogP contribution in [0.2, 0.25) is 5.02 Å². The van der Waals surface area contributed by atoms with E-state index in [-0.39, 0.29) is 5.02 Å². The second-order valence-corrected chi connectivity index (χ2v) is 6.42. The monoisotopic (exact) mass is 413 g/mol. The summed E-state index contributed by atoms with van der Waals surface area (Å²) in [7, 11) is 1.51. The summed E-state index contributed by atoms with van der Waals surface area (Å²) in [5.74, 6) is -1.93. The van der Waals surface area contributed by atoms with E-state index in [0.717, 1.165) is 6.07 Å². The molecule has 3 aromatic rings. The number of benzene rings is 3. The van der Waals surface area contributed by atoms with Gasteiger partial charge in [0.05, 0.1) is 12.1 Å². The van der Waals surface area contributed by atoms with Crippen LogP contribution in [0.5, 0.6) is 5.75 Å². The van der Waals surface area contributed by atoms with Gasteiger partial charge in [0, 0.05) is 17.3 Å². The maximum Gasteiger partial charge on any atom is 0.343 e.